The number of hydrogen-bond donors (Lipinski definition) is 1. The number of nitrogens with one attached hydrogen (secondary N) is 1. The molecule has 0 aliphatic heterocycles. The summed E-state index contributed by atoms with van der Waals surface area (Å²) in [7, 11) is 0. The first-order valence-corrected chi connectivity index (χ1v) is 7.84. The molecule has 0 unspecified atom stereocenters. The third kappa shape index (κ3) is 4.63. The van der Waals surface area contributed by atoms with E-state index in [2.05, 4.69) is 21.2 Å². The lowest BCUT2D eigenvalue weighted by atomic mass is 10.1. The van der Waals surface area contributed by atoms with Crippen LogP contribution in [0.2, 0.25) is 0 Å². The summed E-state index contributed by atoms with van der Waals surface area (Å²) in [5, 5.41) is 2.58. The predicted octanol–water partition coefficient (Wildman–Crippen LogP) is 4.41. The van der Waals surface area contributed by atoms with E-state index in [1.54, 1.807) is 30.3 Å². The molecule has 0 saturated heterocycles. The number of anilines is 1. The molecule has 0 aliphatic rings. The molecule has 2 aromatic rings. The average Bonchev–Trinajstić information content (AvgIpc) is 2.53. The summed E-state index contributed by atoms with van der Waals surface area (Å²) in [5.74, 6) is -1.59. The third-order valence-corrected chi connectivity index (χ3v) is 3.48. The molecule has 0 aromatic heterocycles. The van der Waals surface area contributed by atoms with Gasteiger partial charge >= 0.3 is 5.97 Å². The summed E-state index contributed by atoms with van der Waals surface area (Å²) in [5.41, 5.74) is 0.801. The fraction of sp³-hybridized carbons (Fsp3) is 0.176. The molecule has 0 bridgehead atoms. The highest BCUT2D eigenvalue weighted by Crippen LogP contribution is 2.17. The summed E-state index contributed by atoms with van der Waals surface area (Å²) in [6.45, 7) is 2.27. The molecular formula is C17H15BrFNO3. The van der Waals surface area contributed by atoms with Crippen LogP contribution in [0.3, 0.4) is 0 Å². The fourth-order valence-corrected chi connectivity index (χ4v) is 2.17. The highest BCUT2D eigenvalue weighted by atomic mass is 79.9. The molecule has 1 N–H and O–H groups in total. The maximum atomic E-state index is 13.7. The smallest absolute Gasteiger partial charge is 0.338 e. The van der Waals surface area contributed by atoms with Gasteiger partial charge in [0, 0.05) is 10.2 Å². The molecule has 0 radical (unpaired) electrons. The number of hydrogen-bond acceptors (Lipinski definition) is 3. The minimum Gasteiger partial charge on any atom is -0.462 e. The van der Waals surface area contributed by atoms with E-state index in [1.807, 2.05) is 6.92 Å². The molecule has 1 amide bonds. The molecule has 120 valence electrons. The number of esters is 1. The normalized spacial score (nSPS) is 10.2. The van der Waals surface area contributed by atoms with E-state index >= 15 is 0 Å². The van der Waals surface area contributed by atoms with Gasteiger partial charge in [-0.2, -0.15) is 0 Å². The van der Waals surface area contributed by atoms with Crippen LogP contribution >= 0.6 is 15.9 Å². The third-order valence-electron chi connectivity index (χ3n) is 2.99. The van der Waals surface area contributed by atoms with E-state index in [4.69, 9.17) is 4.74 Å². The van der Waals surface area contributed by atoms with Crippen molar-refractivity contribution in [2.45, 2.75) is 13.3 Å². The summed E-state index contributed by atoms with van der Waals surface area (Å²) in [6.07, 6.45) is 0.749. The maximum Gasteiger partial charge on any atom is 0.338 e. The van der Waals surface area contributed by atoms with Gasteiger partial charge in [-0.05, 0) is 48.9 Å². The van der Waals surface area contributed by atoms with E-state index in [9.17, 15) is 14.0 Å². The van der Waals surface area contributed by atoms with Gasteiger partial charge in [0.25, 0.3) is 5.91 Å². The summed E-state index contributed by atoms with van der Waals surface area (Å²) < 4.78 is 19.3. The lowest BCUT2D eigenvalue weighted by Crippen LogP contribution is -2.14. The molecule has 0 saturated carbocycles. The summed E-state index contributed by atoms with van der Waals surface area (Å²) in [6, 6.07) is 10.4. The van der Waals surface area contributed by atoms with Crippen molar-refractivity contribution in [3.63, 3.8) is 0 Å². The second-order valence-corrected chi connectivity index (χ2v) is 5.71. The topological polar surface area (TPSA) is 55.4 Å². The van der Waals surface area contributed by atoms with Gasteiger partial charge in [0.15, 0.2) is 0 Å². The van der Waals surface area contributed by atoms with Crippen LogP contribution < -0.4 is 5.32 Å². The van der Waals surface area contributed by atoms with Gasteiger partial charge in [0.1, 0.15) is 5.82 Å². The van der Waals surface area contributed by atoms with Gasteiger partial charge in [-0.25, -0.2) is 9.18 Å². The highest BCUT2D eigenvalue weighted by molar-refractivity contribution is 9.10. The molecular weight excluding hydrogens is 365 g/mol. The van der Waals surface area contributed by atoms with Gasteiger partial charge in [0.2, 0.25) is 0 Å². The van der Waals surface area contributed by atoms with E-state index in [-0.39, 0.29) is 5.56 Å². The summed E-state index contributed by atoms with van der Waals surface area (Å²) >= 11 is 3.14. The van der Waals surface area contributed by atoms with Crippen LogP contribution in [0, 0.1) is 5.82 Å². The van der Waals surface area contributed by atoms with Crippen LogP contribution in [0.1, 0.15) is 34.1 Å². The number of benzene rings is 2. The van der Waals surface area contributed by atoms with Crippen molar-refractivity contribution < 1.29 is 18.7 Å². The molecule has 23 heavy (non-hydrogen) atoms. The van der Waals surface area contributed by atoms with Crippen LogP contribution in [0.5, 0.6) is 0 Å². The minimum atomic E-state index is -0.614. The maximum absolute atomic E-state index is 13.7. The zero-order chi connectivity index (χ0) is 16.8. The lowest BCUT2D eigenvalue weighted by molar-refractivity contribution is 0.0505. The Morgan fingerprint density at radius 1 is 1.17 bits per heavy atom. The molecule has 0 spiro atoms. The first kappa shape index (κ1) is 17.1. The van der Waals surface area contributed by atoms with Crippen LogP contribution in [0.15, 0.2) is 46.9 Å². The van der Waals surface area contributed by atoms with E-state index in [0.717, 1.165) is 6.42 Å². The Morgan fingerprint density at radius 3 is 2.48 bits per heavy atom. The number of carbonyl (C=O) groups excluding carboxylic acids is 2. The quantitative estimate of drug-likeness (QED) is 0.782. The molecule has 0 atom stereocenters. The molecule has 2 rings (SSSR count). The minimum absolute atomic E-state index is 0.0559. The Labute approximate surface area is 141 Å². The van der Waals surface area contributed by atoms with E-state index < -0.39 is 17.7 Å². The largest absolute Gasteiger partial charge is 0.462 e. The highest BCUT2D eigenvalue weighted by Gasteiger charge is 2.13. The van der Waals surface area contributed by atoms with Crippen molar-refractivity contribution in [3.8, 4) is 0 Å². The Morgan fingerprint density at radius 2 is 1.87 bits per heavy atom. The van der Waals surface area contributed by atoms with E-state index in [0.29, 0.717) is 22.3 Å². The average molecular weight is 380 g/mol. The van der Waals surface area contributed by atoms with Crippen molar-refractivity contribution in [1.29, 1.82) is 0 Å². The standard InChI is InChI=1S/C17H15BrFNO3/c1-2-9-23-17(22)11-3-6-13(7-4-11)20-16(21)14-8-5-12(18)10-15(14)19/h3-8,10H,2,9H2,1H3,(H,20,21). The van der Waals surface area contributed by atoms with Gasteiger partial charge in [-0.3, -0.25) is 4.79 Å². The van der Waals surface area contributed by atoms with Crippen LogP contribution in [-0.4, -0.2) is 18.5 Å². The summed E-state index contributed by atoms with van der Waals surface area (Å²) in [4.78, 5) is 23.7. The second-order valence-electron chi connectivity index (χ2n) is 4.79. The zero-order valence-corrected chi connectivity index (χ0v) is 14.0. The van der Waals surface area contributed by atoms with E-state index in [1.165, 1.54) is 12.1 Å². The molecule has 0 heterocycles. The Bertz CT molecular complexity index is 716. The lowest BCUT2D eigenvalue weighted by Gasteiger charge is -2.08. The van der Waals surface area contributed by atoms with Gasteiger partial charge in [-0.15, -0.1) is 0 Å². The number of ether oxygens (including phenoxy) is 1. The van der Waals surface area contributed by atoms with Crippen molar-refractivity contribution >= 4 is 33.5 Å². The Balaban J connectivity index is 2.05. The number of rotatable bonds is 5. The Kier molecular flexibility index (Phi) is 5.87. The second kappa shape index (κ2) is 7.87. The fourth-order valence-electron chi connectivity index (χ4n) is 1.84. The van der Waals surface area contributed by atoms with Crippen molar-refractivity contribution in [2.75, 3.05) is 11.9 Å². The number of halogens is 2. The van der Waals surface area contributed by atoms with Crippen LogP contribution in [-0.2, 0) is 4.74 Å². The van der Waals surface area contributed by atoms with Crippen molar-refractivity contribution in [1.82, 2.24) is 0 Å². The zero-order valence-electron chi connectivity index (χ0n) is 12.4. The van der Waals surface area contributed by atoms with Crippen LogP contribution in [0.25, 0.3) is 0 Å². The molecule has 4 nitrogen and oxygen atoms in total. The van der Waals surface area contributed by atoms with Crippen molar-refractivity contribution in [2.24, 2.45) is 0 Å². The molecule has 0 aliphatic carbocycles. The van der Waals surface area contributed by atoms with Crippen molar-refractivity contribution in [3.05, 3.63) is 63.9 Å². The van der Waals surface area contributed by atoms with Gasteiger partial charge in [0.05, 0.1) is 17.7 Å². The SMILES string of the molecule is CCCOC(=O)c1ccc(NC(=O)c2ccc(Br)cc2F)cc1. The van der Waals surface area contributed by atoms with Crippen LogP contribution in [0.4, 0.5) is 10.1 Å². The Hall–Kier alpha value is -2.21. The predicted molar refractivity (Wildman–Crippen MR) is 89.1 cm³/mol. The molecule has 6 heteroatoms. The number of carbonyl (C=O) groups is 2. The number of amides is 1. The first-order valence-electron chi connectivity index (χ1n) is 7.05. The van der Waals surface area contributed by atoms with Gasteiger partial charge < -0.3 is 10.1 Å². The molecule has 0 fully saturated rings. The molecule has 2 aromatic carbocycles. The van der Waals surface area contributed by atoms with Gasteiger partial charge in [-0.1, -0.05) is 22.9 Å². The first-order chi connectivity index (χ1) is 11.0. The monoisotopic (exact) mass is 379 g/mol.